The second-order valence-corrected chi connectivity index (χ2v) is 8.97. The Kier molecular flexibility index (Phi) is 7.22. The van der Waals surface area contributed by atoms with E-state index in [4.69, 9.17) is 17.0 Å². The average Bonchev–Trinajstić information content (AvgIpc) is 3.31. The number of fused-ring (bicyclic) bond motifs is 1. The maximum absolute atomic E-state index is 12.9. The fraction of sp³-hybridized carbons (Fsp3) is 0.385. The van der Waals surface area contributed by atoms with E-state index in [1.54, 1.807) is 0 Å². The Hall–Kier alpha value is -2.70. The van der Waals surface area contributed by atoms with Crippen molar-refractivity contribution in [1.29, 1.82) is 0 Å². The highest BCUT2D eigenvalue weighted by Crippen LogP contribution is 2.17. The Morgan fingerprint density at radius 3 is 2.75 bits per heavy atom. The molecule has 6 heteroatoms. The number of rotatable bonds is 7. The Balaban J connectivity index is 1.54. The summed E-state index contributed by atoms with van der Waals surface area (Å²) in [5, 5.41) is 5.08. The number of nitrogens with one attached hydrogen (secondary N) is 2. The van der Waals surface area contributed by atoms with Gasteiger partial charge in [-0.15, -0.1) is 0 Å². The lowest BCUT2D eigenvalue weighted by atomic mass is 10.1. The molecule has 0 bridgehead atoms. The number of hydrogen-bond acceptors (Lipinski definition) is 3. The van der Waals surface area contributed by atoms with Crippen LogP contribution in [-0.4, -0.2) is 40.8 Å². The van der Waals surface area contributed by atoms with E-state index >= 15 is 0 Å². The molecule has 1 aliphatic rings. The van der Waals surface area contributed by atoms with E-state index in [0.29, 0.717) is 23.8 Å². The van der Waals surface area contributed by atoms with Crippen LogP contribution in [0.1, 0.15) is 35.1 Å². The van der Waals surface area contributed by atoms with Gasteiger partial charge in [-0.3, -0.25) is 4.79 Å². The lowest BCUT2D eigenvalue weighted by Crippen LogP contribution is -2.44. The van der Waals surface area contributed by atoms with Crippen molar-refractivity contribution in [3.63, 3.8) is 0 Å². The highest BCUT2D eigenvalue weighted by molar-refractivity contribution is 7.80. The summed E-state index contributed by atoms with van der Waals surface area (Å²) < 4.78 is 5.73. The maximum Gasteiger partial charge on any atom is 0.253 e. The fourth-order valence-electron chi connectivity index (χ4n) is 4.27. The number of aryl methyl sites for hydroxylation is 2. The zero-order chi connectivity index (χ0) is 22.5. The van der Waals surface area contributed by atoms with Gasteiger partial charge in [0, 0.05) is 25.3 Å². The van der Waals surface area contributed by atoms with Gasteiger partial charge < -0.3 is 19.9 Å². The van der Waals surface area contributed by atoms with E-state index in [2.05, 4.69) is 46.4 Å². The van der Waals surface area contributed by atoms with Crippen molar-refractivity contribution in [2.24, 2.45) is 0 Å². The van der Waals surface area contributed by atoms with E-state index in [0.717, 1.165) is 48.9 Å². The minimum atomic E-state index is -0.0605. The Labute approximate surface area is 194 Å². The van der Waals surface area contributed by atoms with Gasteiger partial charge in [-0.25, -0.2) is 0 Å². The molecule has 0 aliphatic carbocycles. The van der Waals surface area contributed by atoms with Crippen molar-refractivity contribution in [2.45, 2.75) is 45.8 Å². The third-order valence-corrected chi connectivity index (χ3v) is 6.63. The van der Waals surface area contributed by atoms with Gasteiger partial charge in [0.1, 0.15) is 0 Å². The Bertz CT molecular complexity index is 1150. The number of para-hydroxylation sites is 1. The van der Waals surface area contributed by atoms with E-state index < -0.39 is 0 Å². The summed E-state index contributed by atoms with van der Waals surface area (Å²) in [7, 11) is 0. The number of nitrogens with zero attached hydrogens (tertiary/aromatic N) is 1. The molecule has 0 spiro atoms. The molecule has 4 rings (SSSR count). The summed E-state index contributed by atoms with van der Waals surface area (Å²) in [5.74, 6) is 0. The largest absolute Gasteiger partial charge is 0.376 e. The van der Waals surface area contributed by atoms with Crippen molar-refractivity contribution in [3.05, 3.63) is 81.1 Å². The van der Waals surface area contributed by atoms with Crippen LogP contribution in [0.4, 0.5) is 0 Å². The summed E-state index contributed by atoms with van der Waals surface area (Å²) >= 11 is 5.76. The monoisotopic (exact) mass is 449 g/mol. The predicted molar refractivity (Wildman–Crippen MR) is 134 cm³/mol. The van der Waals surface area contributed by atoms with Crippen molar-refractivity contribution in [3.8, 4) is 0 Å². The molecule has 168 valence electrons. The molecule has 5 nitrogen and oxygen atoms in total. The van der Waals surface area contributed by atoms with Crippen LogP contribution in [0, 0.1) is 13.8 Å². The van der Waals surface area contributed by atoms with Crippen LogP contribution in [0.25, 0.3) is 10.9 Å². The van der Waals surface area contributed by atoms with Gasteiger partial charge in [0.15, 0.2) is 5.11 Å². The minimum absolute atomic E-state index is 0.0605. The smallest absolute Gasteiger partial charge is 0.253 e. The van der Waals surface area contributed by atoms with Gasteiger partial charge in [0.05, 0.1) is 18.2 Å². The number of ether oxygens (including phenoxy) is 1. The van der Waals surface area contributed by atoms with Gasteiger partial charge in [0.2, 0.25) is 0 Å². The number of aromatic amines is 1. The van der Waals surface area contributed by atoms with Crippen molar-refractivity contribution in [1.82, 2.24) is 15.2 Å². The number of aromatic nitrogens is 1. The van der Waals surface area contributed by atoms with Gasteiger partial charge in [0.25, 0.3) is 5.56 Å². The second-order valence-electron chi connectivity index (χ2n) is 8.58. The van der Waals surface area contributed by atoms with Crippen LogP contribution in [0.15, 0.2) is 53.3 Å². The van der Waals surface area contributed by atoms with E-state index in [1.165, 1.54) is 11.1 Å². The normalized spacial score (nSPS) is 15.8. The molecule has 2 aromatic carbocycles. The van der Waals surface area contributed by atoms with Gasteiger partial charge in [-0.1, -0.05) is 42.5 Å². The summed E-state index contributed by atoms with van der Waals surface area (Å²) in [5.41, 5.74) is 5.18. The third kappa shape index (κ3) is 5.37. The van der Waals surface area contributed by atoms with Gasteiger partial charge in [-0.2, -0.15) is 0 Å². The van der Waals surface area contributed by atoms with E-state index in [1.807, 2.05) is 31.2 Å². The van der Waals surface area contributed by atoms with Crippen LogP contribution >= 0.6 is 12.2 Å². The van der Waals surface area contributed by atoms with Crippen LogP contribution in [0.2, 0.25) is 0 Å². The topological polar surface area (TPSA) is 57.4 Å². The van der Waals surface area contributed by atoms with Gasteiger partial charge >= 0.3 is 0 Å². The Morgan fingerprint density at radius 2 is 1.97 bits per heavy atom. The first-order chi connectivity index (χ1) is 15.5. The van der Waals surface area contributed by atoms with E-state index in [-0.39, 0.29) is 11.7 Å². The molecule has 32 heavy (non-hydrogen) atoms. The van der Waals surface area contributed by atoms with Crippen molar-refractivity contribution in [2.75, 3.05) is 19.7 Å². The van der Waals surface area contributed by atoms with Crippen LogP contribution in [0.3, 0.4) is 0 Å². The molecule has 1 aromatic heterocycles. The number of hydrogen-bond donors (Lipinski definition) is 2. The zero-order valence-corrected chi connectivity index (χ0v) is 19.6. The minimum Gasteiger partial charge on any atom is -0.376 e. The molecule has 1 saturated heterocycles. The number of thiocarbonyl (C=S) groups is 1. The number of benzene rings is 2. The predicted octanol–water partition coefficient (Wildman–Crippen LogP) is 4.24. The summed E-state index contributed by atoms with van der Waals surface area (Å²) in [6, 6.07) is 16.5. The van der Waals surface area contributed by atoms with Crippen molar-refractivity contribution < 1.29 is 4.74 Å². The zero-order valence-electron chi connectivity index (χ0n) is 18.8. The molecular formula is C26H31N3O2S. The standard InChI is InChI=1S/C26H31N3O2S/c1-18-7-3-4-9-20(18)12-13-29(26(32)27-16-23-11-6-14-31-23)17-22-15-21-10-5-8-19(2)24(21)28-25(22)30/h3-5,7-10,15,23H,6,11-14,16-17H2,1-2H3,(H,27,32)(H,28,30). The second kappa shape index (κ2) is 10.3. The highest BCUT2D eigenvalue weighted by Gasteiger charge is 2.18. The highest BCUT2D eigenvalue weighted by atomic mass is 32.1. The SMILES string of the molecule is Cc1ccccc1CCN(Cc1cc2cccc(C)c2[nH]c1=O)C(=S)NCC1CCCO1. The molecule has 1 unspecified atom stereocenters. The Morgan fingerprint density at radius 1 is 1.16 bits per heavy atom. The molecular weight excluding hydrogens is 418 g/mol. The maximum atomic E-state index is 12.9. The average molecular weight is 450 g/mol. The molecule has 0 amide bonds. The fourth-order valence-corrected chi connectivity index (χ4v) is 4.51. The summed E-state index contributed by atoms with van der Waals surface area (Å²) in [6.45, 7) is 6.85. The third-order valence-electron chi connectivity index (χ3n) is 6.23. The number of pyridine rings is 1. The molecule has 2 N–H and O–H groups in total. The number of H-pyrrole nitrogens is 1. The molecule has 1 fully saturated rings. The molecule has 0 radical (unpaired) electrons. The first-order valence-corrected chi connectivity index (χ1v) is 11.7. The van der Waals surface area contributed by atoms with Crippen LogP contribution < -0.4 is 10.9 Å². The first kappa shape index (κ1) is 22.5. The lowest BCUT2D eigenvalue weighted by molar-refractivity contribution is 0.113. The van der Waals surface area contributed by atoms with Gasteiger partial charge in [-0.05, 0) is 73.5 Å². The molecule has 2 heterocycles. The lowest BCUT2D eigenvalue weighted by Gasteiger charge is -2.27. The molecule has 1 aliphatic heterocycles. The first-order valence-electron chi connectivity index (χ1n) is 11.3. The summed E-state index contributed by atoms with van der Waals surface area (Å²) in [6.07, 6.45) is 3.22. The van der Waals surface area contributed by atoms with Crippen LogP contribution in [-0.2, 0) is 17.7 Å². The summed E-state index contributed by atoms with van der Waals surface area (Å²) in [4.78, 5) is 18.0. The van der Waals surface area contributed by atoms with E-state index in [9.17, 15) is 4.79 Å². The van der Waals surface area contributed by atoms with Crippen molar-refractivity contribution >= 4 is 28.2 Å². The molecule has 1 atom stereocenters. The molecule has 3 aromatic rings. The quantitative estimate of drug-likeness (QED) is 0.529. The van der Waals surface area contributed by atoms with Crippen LogP contribution in [0.5, 0.6) is 0 Å². The molecule has 0 saturated carbocycles.